The number of hydrogen-bond acceptors (Lipinski definition) is 3. The van der Waals surface area contributed by atoms with Crippen molar-refractivity contribution < 1.29 is 4.79 Å². The summed E-state index contributed by atoms with van der Waals surface area (Å²) in [5.41, 5.74) is 8.70. The lowest BCUT2D eigenvalue weighted by atomic mass is 10.2. The van der Waals surface area contributed by atoms with Gasteiger partial charge in [0.05, 0.1) is 5.75 Å². The molecule has 20 heavy (non-hydrogen) atoms. The van der Waals surface area contributed by atoms with E-state index in [0.717, 1.165) is 21.8 Å². The van der Waals surface area contributed by atoms with Gasteiger partial charge >= 0.3 is 0 Å². The lowest BCUT2D eigenvalue weighted by Gasteiger charge is -2.17. The second-order valence-electron chi connectivity index (χ2n) is 4.62. The van der Waals surface area contributed by atoms with Crippen molar-refractivity contribution in [3.05, 3.63) is 54.1 Å². The molecule has 0 aromatic heterocycles. The number of rotatable bonds is 4. The van der Waals surface area contributed by atoms with E-state index >= 15 is 0 Å². The van der Waals surface area contributed by atoms with E-state index in [2.05, 4.69) is 0 Å². The van der Waals surface area contributed by atoms with Crippen LogP contribution in [0.3, 0.4) is 0 Å². The molecule has 0 heterocycles. The normalized spacial score (nSPS) is 10.3. The van der Waals surface area contributed by atoms with E-state index in [9.17, 15) is 4.79 Å². The fourth-order valence-corrected chi connectivity index (χ4v) is 2.69. The predicted molar refractivity (Wildman–Crippen MR) is 86.2 cm³/mol. The van der Waals surface area contributed by atoms with Crippen molar-refractivity contribution in [3.63, 3.8) is 0 Å². The molecule has 0 aliphatic rings. The monoisotopic (exact) mass is 286 g/mol. The molecule has 0 unspecified atom stereocenters. The maximum Gasteiger partial charge on any atom is 0.237 e. The molecule has 0 saturated carbocycles. The van der Waals surface area contributed by atoms with E-state index in [1.165, 1.54) is 11.8 Å². The van der Waals surface area contributed by atoms with Gasteiger partial charge < -0.3 is 10.6 Å². The van der Waals surface area contributed by atoms with Crippen LogP contribution >= 0.6 is 11.8 Å². The van der Waals surface area contributed by atoms with Crippen LogP contribution in [0.2, 0.25) is 0 Å². The van der Waals surface area contributed by atoms with Gasteiger partial charge in [-0.2, -0.15) is 0 Å². The Hall–Kier alpha value is -1.94. The fraction of sp³-hybridized carbons (Fsp3) is 0.188. The number of nitrogens with two attached hydrogens (primary N) is 1. The van der Waals surface area contributed by atoms with Gasteiger partial charge in [-0.1, -0.05) is 24.3 Å². The van der Waals surface area contributed by atoms with Crippen molar-refractivity contribution in [3.8, 4) is 0 Å². The number of anilines is 2. The molecular formula is C16H18N2OS. The van der Waals surface area contributed by atoms with Crippen LogP contribution in [0.1, 0.15) is 5.56 Å². The Morgan fingerprint density at radius 2 is 1.90 bits per heavy atom. The van der Waals surface area contributed by atoms with Gasteiger partial charge in [-0.15, -0.1) is 11.8 Å². The van der Waals surface area contributed by atoms with E-state index in [1.54, 1.807) is 11.9 Å². The molecule has 2 N–H and O–H groups in total. The summed E-state index contributed by atoms with van der Waals surface area (Å²) in [6.07, 6.45) is 0. The van der Waals surface area contributed by atoms with Crippen molar-refractivity contribution in [2.24, 2.45) is 0 Å². The zero-order valence-corrected chi connectivity index (χ0v) is 12.5. The van der Waals surface area contributed by atoms with E-state index in [0.29, 0.717) is 5.75 Å². The molecule has 0 bridgehead atoms. The molecule has 0 radical (unpaired) electrons. The summed E-state index contributed by atoms with van der Waals surface area (Å²) in [6.45, 7) is 2.00. The van der Waals surface area contributed by atoms with Gasteiger partial charge in [-0.05, 0) is 36.8 Å². The Labute approximate surface area is 123 Å². The second kappa shape index (κ2) is 6.48. The fourth-order valence-electron chi connectivity index (χ4n) is 1.83. The molecule has 104 valence electrons. The lowest BCUT2D eigenvalue weighted by molar-refractivity contribution is -0.115. The third-order valence-electron chi connectivity index (χ3n) is 3.03. The van der Waals surface area contributed by atoms with Gasteiger partial charge in [0.2, 0.25) is 5.91 Å². The summed E-state index contributed by atoms with van der Waals surface area (Å²) < 4.78 is 0. The highest BCUT2D eigenvalue weighted by Gasteiger charge is 2.11. The van der Waals surface area contributed by atoms with Gasteiger partial charge in [-0.3, -0.25) is 4.79 Å². The maximum absolute atomic E-state index is 12.2. The van der Waals surface area contributed by atoms with Crippen molar-refractivity contribution in [1.29, 1.82) is 0 Å². The maximum atomic E-state index is 12.2. The molecule has 4 heteroatoms. The highest BCUT2D eigenvalue weighted by molar-refractivity contribution is 8.00. The predicted octanol–water partition coefficient (Wildman–Crippen LogP) is 3.33. The first-order valence-corrected chi connectivity index (χ1v) is 7.37. The number of hydrogen-bond donors (Lipinski definition) is 1. The van der Waals surface area contributed by atoms with Crippen molar-refractivity contribution in [2.75, 3.05) is 23.4 Å². The number of para-hydroxylation sites is 1. The third kappa shape index (κ3) is 3.54. The molecule has 2 aromatic carbocycles. The van der Waals surface area contributed by atoms with E-state index in [-0.39, 0.29) is 5.91 Å². The lowest BCUT2D eigenvalue weighted by Crippen LogP contribution is -2.27. The molecule has 0 aliphatic heterocycles. The first kappa shape index (κ1) is 14.5. The number of amides is 1. The minimum absolute atomic E-state index is 0.0566. The van der Waals surface area contributed by atoms with Crippen LogP contribution in [0.25, 0.3) is 0 Å². The molecule has 2 rings (SSSR count). The third-order valence-corrected chi connectivity index (χ3v) is 4.11. The molecule has 0 spiro atoms. The van der Waals surface area contributed by atoms with Crippen LogP contribution in [-0.2, 0) is 4.79 Å². The van der Waals surface area contributed by atoms with Gasteiger partial charge in [0.1, 0.15) is 0 Å². The number of nitrogen functional groups attached to an aromatic ring is 1. The first-order valence-electron chi connectivity index (χ1n) is 6.38. The summed E-state index contributed by atoms with van der Waals surface area (Å²) in [5.74, 6) is 0.430. The average Bonchev–Trinajstić information content (AvgIpc) is 2.46. The van der Waals surface area contributed by atoms with E-state index < -0.39 is 0 Å². The van der Waals surface area contributed by atoms with Crippen molar-refractivity contribution in [1.82, 2.24) is 0 Å². The number of carbonyl (C=O) groups is 1. The second-order valence-corrected chi connectivity index (χ2v) is 5.64. The molecule has 2 aromatic rings. The molecule has 0 fully saturated rings. The van der Waals surface area contributed by atoms with Crippen molar-refractivity contribution >= 4 is 29.0 Å². The highest BCUT2D eigenvalue weighted by atomic mass is 32.2. The number of thioether (sulfide) groups is 1. The molecule has 0 aliphatic carbocycles. The Balaban J connectivity index is 1.98. The van der Waals surface area contributed by atoms with Crippen molar-refractivity contribution in [2.45, 2.75) is 11.8 Å². The zero-order chi connectivity index (χ0) is 14.5. The van der Waals surface area contributed by atoms with Crippen LogP contribution in [0.4, 0.5) is 11.4 Å². The minimum Gasteiger partial charge on any atom is -0.398 e. The largest absolute Gasteiger partial charge is 0.398 e. The van der Waals surface area contributed by atoms with Crippen LogP contribution < -0.4 is 10.6 Å². The number of benzene rings is 2. The first-order chi connectivity index (χ1) is 9.58. The summed E-state index contributed by atoms with van der Waals surface area (Å²) in [6, 6.07) is 15.5. The molecule has 0 saturated heterocycles. The summed E-state index contributed by atoms with van der Waals surface area (Å²) in [7, 11) is 1.79. The quantitative estimate of drug-likeness (QED) is 0.692. The molecule has 1 amide bonds. The highest BCUT2D eigenvalue weighted by Crippen LogP contribution is 2.26. The average molecular weight is 286 g/mol. The molecule has 3 nitrogen and oxygen atoms in total. The topological polar surface area (TPSA) is 46.3 Å². The number of carbonyl (C=O) groups excluding carboxylic acids is 1. The summed E-state index contributed by atoms with van der Waals surface area (Å²) in [5, 5.41) is 0. The Bertz CT molecular complexity index is 599. The van der Waals surface area contributed by atoms with E-state index in [4.69, 9.17) is 5.73 Å². The summed E-state index contributed by atoms with van der Waals surface area (Å²) >= 11 is 1.47. The van der Waals surface area contributed by atoms with Crippen LogP contribution in [0, 0.1) is 6.92 Å². The SMILES string of the molecule is Cc1ccc(SCC(=O)N(C)c2ccccc2)c(N)c1. The molecular weight excluding hydrogens is 268 g/mol. The zero-order valence-electron chi connectivity index (χ0n) is 11.7. The minimum atomic E-state index is 0.0566. The standard InChI is InChI=1S/C16H18N2OS/c1-12-8-9-15(14(17)10-12)20-11-16(19)18(2)13-6-4-3-5-7-13/h3-10H,11,17H2,1-2H3. The van der Waals surface area contributed by atoms with Gasteiger partial charge in [0, 0.05) is 23.3 Å². The van der Waals surface area contributed by atoms with Crippen LogP contribution in [0.15, 0.2) is 53.4 Å². The number of aryl methyl sites for hydroxylation is 1. The van der Waals surface area contributed by atoms with Gasteiger partial charge in [0.25, 0.3) is 0 Å². The van der Waals surface area contributed by atoms with Gasteiger partial charge in [-0.25, -0.2) is 0 Å². The Morgan fingerprint density at radius 1 is 1.20 bits per heavy atom. The van der Waals surface area contributed by atoms with E-state index in [1.807, 2.05) is 55.5 Å². The smallest absolute Gasteiger partial charge is 0.237 e. The molecule has 0 atom stereocenters. The van der Waals surface area contributed by atoms with Crippen LogP contribution in [0.5, 0.6) is 0 Å². The van der Waals surface area contributed by atoms with Gasteiger partial charge in [0.15, 0.2) is 0 Å². The Kier molecular flexibility index (Phi) is 4.69. The Morgan fingerprint density at radius 3 is 2.55 bits per heavy atom. The van der Waals surface area contributed by atoms with Crippen LogP contribution in [-0.4, -0.2) is 18.7 Å². The number of nitrogens with zero attached hydrogens (tertiary/aromatic N) is 1. The summed E-state index contributed by atoms with van der Waals surface area (Å²) in [4.78, 5) is 14.8.